The number of carbonyl (C=O) groups excluding carboxylic acids is 1. The summed E-state index contributed by atoms with van der Waals surface area (Å²) in [6.07, 6.45) is -4.18. The molecule has 132 valence electrons. The number of rotatable bonds is 5. The highest BCUT2D eigenvalue weighted by Crippen LogP contribution is 2.43. The maximum Gasteiger partial charge on any atom is 0.416 e. The Hall–Kier alpha value is -2.62. The lowest BCUT2D eigenvalue weighted by Crippen LogP contribution is -2.06. The van der Waals surface area contributed by atoms with Gasteiger partial charge in [-0.1, -0.05) is 0 Å². The molecule has 2 aromatic rings. The Kier molecular flexibility index (Phi) is 5.31. The Balaban J connectivity index is 2.54. The Labute approximate surface area is 147 Å². The van der Waals surface area contributed by atoms with Crippen molar-refractivity contribution in [3.63, 3.8) is 0 Å². The summed E-state index contributed by atoms with van der Waals surface area (Å²) < 4.78 is 48.9. The highest BCUT2D eigenvalue weighted by atomic mass is 79.9. The summed E-state index contributed by atoms with van der Waals surface area (Å²) in [5.74, 6) is -0.350. The average molecular weight is 420 g/mol. The number of alkyl halides is 3. The van der Waals surface area contributed by atoms with Crippen molar-refractivity contribution < 1.29 is 32.4 Å². The minimum absolute atomic E-state index is 0.0176. The molecule has 2 aromatic carbocycles. The molecule has 0 radical (unpaired) electrons. The van der Waals surface area contributed by atoms with Gasteiger partial charge in [0.05, 0.1) is 22.1 Å². The summed E-state index contributed by atoms with van der Waals surface area (Å²) in [4.78, 5) is 21.0. The first-order valence-corrected chi connectivity index (χ1v) is 7.33. The van der Waals surface area contributed by atoms with Gasteiger partial charge in [-0.25, -0.2) is 0 Å². The van der Waals surface area contributed by atoms with E-state index in [9.17, 15) is 28.1 Å². The number of ether oxygens (including phenoxy) is 2. The van der Waals surface area contributed by atoms with Gasteiger partial charge in [-0.15, -0.1) is 0 Å². The highest BCUT2D eigenvalue weighted by Gasteiger charge is 2.33. The predicted octanol–water partition coefficient (Wildman–Crippen LogP) is 4.99. The normalized spacial score (nSPS) is 11.1. The molecule has 2 rings (SSSR count). The van der Waals surface area contributed by atoms with Crippen molar-refractivity contribution in [3.05, 3.63) is 56.0 Å². The van der Waals surface area contributed by atoms with Crippen LogP contribution in [0.3, 0.4) is 0 Å². The van der Waals surface area contributed by atoms with Crippen molar-refractivity contribution in [2.75, 3.05) is 7.11 Å². The molecule has 0 aliphatic carbocycles. The third-order valence-electron chi connectivity index (χ3n) is 3.08. The van der Waals surface area contributed by atoms with E-state index in [2.05, 4.69) is 15.9 Å². The number of carbonyl (C=O) groups is 1. The standard InChI is InChI=1S/C15H9BrF3NO5/c1-24-13-5-8(7-21)4-10(16)14(13)25-12-3-2-9(15(17,18)19)6-11(12)20(22)23/h2-7H,1H3. The SMILES string of the molecule is COc1cc(C=O)cc(Br)c1Oc1ccc(C(F)(F)F)cc1[N+](=O)[O-]. The van der Waals surface area contributed by atoms with Gasteiger partial charge in [0.25, 0.3) is 0 Å². The van der Waals surface area contributed by atoms with E-state index in [0.29, 0.717) is 18.4 Å². The number of nitro benzene ring substituents is 1. The molecule has 0 atom stereocenters. The van der Waals surface area contributed by atoms with E-state index in [1.807, 2.05) is 0 Å². The Morgan fingerprint density at radius 3 is 2.40 bits per heavy atom. The van der Waals surface area contributed by atoms with E-state index in [4.69, 9.17) is 9.47 Å². The topological polar surface area (TPSA) is 78.7 Å². The molecule has 0 aliphatic rings. The fourth-order valence-corrected chi connectivity index (χ4v) is 2.48. The Bertz CT molecular complexity index is 839. The number of nitrogens with zero attached hydrogens (tertiary/aromatic N) is 1. The van der Waals surface area contributed by atoms with Gasteiger partial charge >= 0.3 is 11.9 Å². The minimum atomic E-state index is -4.73. The predicted molar refractivity (Wildman–Crippen MR) is 84.3 cm³/mol. The number of benzene rings is 2. The van der Waals surface area contributed by atoms with Gasteiger partial charge in [-0.2, -0.15) is 13.2 Å². The second-order valence-electron chi connectivity index (χ2n) is 4.69. The maximum atomic E-state index is 12.7. The summed E-state index contributed by atoms with van der Waals surface area (Å²) >= 11 is 3.13. The lowest BCUT2D eigenvalue weighted by Gasteiger charge is -2.14. The molecule has 0 N–H and O–H groups in total. The van der Waals surface area contributed by atoms with Crippen LogP contribution in [0.2, 0.25) is 0 Å². The van der Waals surface area contributed by atoms with Crippen LogP contribution in [0.15, 0.2) is 34.8 Å². The van der Waals surface area contributed by atoms with Crippen LogP contribution in [0.1, 0.15) is 15.9 Å². The van der Waals surface area contributed by atoms with Crippen molar-refractivity contribution in [2.24, 2.45) is 0 Å². The highest BCUT2D eigenvalue weighted by molar-refractivity contribution is 9.10. The van der Waals surface area contributed by atoms with Gasteiger partial charge in [-0.05, 0) is 40.2 Å². The lowest BCUT2D eigenvalue weighted by atomic mass is 10.1. The van der Waals surface area contributed by atoms with Crippen LogP contribution in [-0.4, -0.2) is 18.3 Å². The molecule has 0 bridgehead atoms. The molecule has 0 spiro atoms. The first-order chi connectivity index (χ1) is 11.7. The molecule has 0 saturated heterocycles. The summed E-state index contributed by atoms with van der Waals surface area (Å²) in [6, 6.07) is 4.60. The minimum Gasteiger partial charge on any atom is -0.493 e. The molecule has 0 fully saturated rings. The van der Waals surface area contributed by atoms with Crippen LogP contribution in [0.5, 0.6) is 17.2 Å². The molecule has 25 heavy (non-hydrogen) atoms. The number of halogens is 4. The van der Waals surface area contributed by atoms with E-state index in [-0.39, 0.29) is 21.5 Å². The fourth-order valence-electron chi connectivity index (χ4n) is 1.94. The van der Waals surface area contributed by atoms with E-state index >= 15 is 0 Å². The van der Waals surface area contributed by atoms with Crippen molar-refractivity contribution in [1.29, 1.82) is 0 Å². The van der Waals surface area contributed by atoms with Crippen LogP contribution >= 0.6 is 15.9 Å². The number of hydrogen-bond donors (Lipinski definition) is 0. The van der Waals surface area contributed by atoms with Crippen molar-refractivity contribution in [1.82, 2.24) is 0 Å². The zero-order valence-electron chi connectivity index (χ0n) is 12.5. The Morgan fingerprint density at radius 2 is 1.88 bits per heavy atom. The third kappa shape index (κ3) is 4.08. The van der Waals surface area contributed by atoms with Gasteiger partial charge in [-0.3, -0.25) is 14.9 Å². The zero-order valence-corrected chi connectivity index (χ0v) is 14.1. The molecule has 0 amide bonds. The van der Waals surface area contributed by atoms with Gasteiger partial charge in [0.15, 0.2) is 11.5 Å². The number of nitro groups is 1. The molecule has 10 heteroatoms. The van der Waals surface area contributed by atoms with Crippen LogP contribution in [0.25, 0.3) is 0 Å². The summed E-state index contributed by atoms with van der Waals surface area (Å²) in [5, 5.41) is 11.1. The van der Waals surface area contributed by atoms with Crippen LogP contribution < -0.4 is 9.47 Å². The number of methoxy groups -OCH3 is 1. The smallest absolute Gasteiger partial charge is 0.416 e. The van der Waals surface area contributed by atoms with E-state index in [1.165, 1.54) is 19.2 Å². The third-order valence-corrected chi connectivity index (χ3v) is 3.67. The molecular formula is C15H9BrF3NO5. The second-order valence-corrected chi connectivity index (χ2v) is 5.55. The van der Waals surface area contributed by atoms with Crippen molar-refractivity contribution in [3.8, 4) is 17.2 Å². The van der Waals surface area contributed by atoms with E-state index in [0.717, 1.165) is 6.07 Å². The monoisotopic (exact) mass is 419 g/mol. The first-order valence-electron chi connectivity index (χ1n) is 6.53. The number of aldehydes is 1. The van der Waals surface area contributed by atoms with Gasteiger partial charge < -0.3 is 9.47 Å². The fraction of sp³-hybridized carbons (Fsp3) is 0.133. The van der Waals surface area contributed by atoms with Crippen LogP contribution in [-0.2, 0) is 6.18 Å². The Morgan fingerprint density at radius 1 is 1.20 bits per heavy atom. The van der Waals surface area contributed by atoms with E-state index < -0.39 is 28.1 Å². The van der Waals surface area contributed by atoms with Gasteiger partial charge in [0, 0.05) is 11.6 Å². The molecule has 0 saturated carbocycles. The largest absolute Gasteiger partial charge is 0.493 e. The first kappa shape index (κ1) is 18.7. The second kappa shape index (κ2) is 7.09. The zero-order chi connectivity index (χ0) is 18.8. The summed E-state index contributed by atoms with van der Waals surface area (Å²) in [6.45, 7) is 0. The molecule has 0 unspecified atom stereocenters. The molecular weight excluding hydrogens is 411 g/mol. The molecule has 0 aliphatic heterocycles. The number of hydrogen-bond acceptors (Lipinski definition) is 5. The van der Waals surface area contributed by atoms with Gasteiger partial charge in [0.1, 0.15) is 6.29 Å². The maximum absolute atomic E-state index is 12.7. The van der Waals surface area contributed by atoms with Gasteiger partial charge in [0.2, 0.25) is 5.75 Å². The van der Waals surface area contributed by atoms with Crippen LogP contribution in [0, 0.1) is 10.1 Å². The summed E-state index contributed by atoms with van der Waals surface area (Å²) in [5.41, 5.74) is -1.78. The molecule has 6 nitrogen and oxygen atoms in total. The molecule has 0 aromatic heterocycles. The van der Waals surface area contributed by atoms with Crippen molar-refractivity contribution >= 4 is 27.9 Å². The van der Waals surface area contributed by atoms with Crippen molar-refractivity contribution in [2.45, 2.75) is 6.18 Å². The van der Waals surface area contributed by atoms with E-state index in [1.54, 1.807) is 0 Å². The van der Waals surface area contributed by atoms with Crippen LogP contribution in [0.4, 0.5) is 18.9 Å². The average Bonchev–Trinajstić information content (AvgIpc) is 2.55. The summed E-state index contributed by atoms with van der Waals surface area (Å²) in [7, 11) is 1.28. The quantitative estimate of drug-likeness (QED) is 0.387. The lowest BCUT2D eigenvalue weighted by molar-refractivity contribution is -0.385. The molecule has 0 heterocycles.